The predicted octanol–water partition coefficient (Wildman–Crippen LogP) is 21.9. The van der Waals surface area contributed by atoms with E-state index in [9.17, 15) is 45.7 Å². The van der Waals surface area contributed by atoms with Crippen molar-refractivity contribution in [2.45, 2.75) is 328 Å². The molecule has 692 valence electrons. The number of carbonyl (C=O) groups is 1. The summed E-state index contributed by atoms with van der Waals surface area (Å²) in [6.07, 6.45) is 6.05. The normalized spacial score (nSPS) is 15.0. The highest BCUT2D eigenvalue weighted by Crippen LogP contribution is 2.50. The fraction of sp³-hybridized carbons (Fsp3) is 0.640. The van der Waals surface area contributed by atoms with Gasteiger partial charge in [-0.15, -0.1) is 5.10 Å². The fourth-order valence-electron chi connectivity index (χ4n) is 9.07. The number of oxime groups is 1. The number of benzene rings is 1. The number of aromatic hydroxyl groups is 1. The molecule has 0 spiro atoms. The molecule has 9 heterocycles. The number of nitrogens with one attached hydrogen (secondary N) is 3. The van der Waals surface area contributed by atoms with Crippen LogP contribution in [0.25, 0.3) is 0 Å². The Morgan fingerprint density at radius 2 is 1.09 bits per heavy atom. The highest BCUT2D eigenvalue weighted by Gasteiger charge is 2.41. The van der Waals surface area contributed by atoms with Gasteiger partial charge in [0.05, 0.1) is 54.4 Å². The Balaban J connectivity index is -0.000000407. The molecule has 6 N–H and O–H groups in total. The summed E-state index contributed by atoms with van der Waals surface area (Å²) in [4.78, 5) is 68.3. The molecule has 1 saturated heterocycles. The molecular weight excluding hydrogens is 1580 g/mol. The standard InChI is InChI=1S/C11H14F2.C9H12O3.C8H11F3N2.C8H14N2O.C8H13NO2.C8H13NO.C7H13N3.C7H12N2O.C7H12N2.C7H11NO2.C5H13O2P.4CH4/c1-7-9(12)5-8(6-10(7)13)11(2,3)4;1-9(2,3)6-4-12-5-7(10)8(6)11;1-7(2,3)5-4-12-6(13-5)8(9,10)11;1-8(2,3)6-5-7(11)9-10(6)4;1-5-9-7(10)6(11-5)8(2,3)4;1-6-5-7(9-10-6)8(2,3)4;1-7(2,3)6-5-8-9-10(6)4;1-7(2,3)6-4-8-5-9(6)10;1-7(2,3)6-4-5-8-9-6;1-7(2,3)5-4-6(9)8-10-5;1-5(2,3)8(4,6)7;;;;/h5-6H,1-4H3;4-5,10H,1-3H3;4H2,1-3H3;5H,1-4H3,(H,9,11);6H,1H2,2-4H3,(H,9,10);1,5H2,2-4H3;5H,1-4H3;4-5,10H,1-3H3;5H,4H2,1-3H3;4H,1-3H3,(H,8,9);1-4H3,(H,6,7);4*1H4. The van der Waals surface area contributed by atoms with Gasteiger partial charge in [0.1, 0.15) is 35.7 Å². The summed E-state index contributed by atoms with van der Waals surface area (Å²) < 4.78 is 92.8. The van der Waals surface area contributed by atoms with E-state index in [0.717, 1.165) is 52.4 Å². The molecule has 6 aromatic rings. The van der Waals surface area contributed by atoms with Crippen LogP contribution >= 0.6 is 7.37 Å². The number of nitrogens with zero attached hydrogens (tertiary/aromatic N) is 11. The van der Waals surface area contributed by atoms with Gasteiger partial charge in [-0.2, -0.15) is 33.3 Å². The topological polar surface area (TPSA) is 350 Å². The van der Waals surface area contributed by atoms with Gasteiger partial charge in [0.2, 0.25) is 18.6 Å². The number of halogens is 5. The van der Waals surface area contributed by atoms with E-state index in [1.165, 1.54) is 50.1 Å². The minimum atomic E-state index is -4.41. The van der Waals surface area contributed by atoms with Crippen molar-refractivity contribution < 1.29 is 65.0 Å². The van der Waals surface area contributed by atoms with Gasteiger partial charge in [-0.05, 0) is 42.0 Å². The first-order valence-electron chi connectivity index (χ1n) is 38.1. The molecule has 0 aliphatic carbocycles. The molecule has 2 unspecified atom stereocenters. The van der Waals surface area contributed by atoms with E-state index in [-0.39, 0.29) is 124 Å². The molecule has 32 heteroatoms. The average molecular weight is 1740 g/mol. The molecule has 0 radical (unpaired) electrons. The van der Waals surface area contributed by atoms with Crippen molar-refractivity contribution in [1.82, 2.24) is 45.0 Å². The number of aryl methyl sites for hydroxylation is 2. The van der Waals surface area contributed by atoms with Crippen molar-refractivity contribution in [3.63, 3.8) is 0 Å². The SMILES string of the molecule is C.C.C.C.C=C1CC(C(C)(C)C)=NO1.C=C1NC(=O)C(C(C)(C)C)O1.CC(C)(C)C1=NC(C(F)(F)F)=NC1.CC(C)(C)C1=NN=CC1.CC(C)(C)P(C)(=O)O.CC(C)(C)c1cc(=O)[nH]o1.CC(C)(C)c1cncn1O.CC(C)(C)c1cocc(O)c1=O.Cc1c(F)cc(C(C)(C)C)cc1F.Cn1[nH]c(=O)cc1C(C)(C)C.Cn1nncc1C(C)(C)C. The Hall–Kier alpha value is -9.12. The molecule has 4 aliphatic heterocycles. The summed E-state index contributed by atoms with van der Waals surface area (Å²) in [5.41, 5.74) is 5.86. The lowest BCUT2D eigenvalue weighted by atomic mass is 9.86. The smallest absolute Gasteiger partial charge is 0.451 e. The van der Waals surface area contributed by atoms with Gasteiger partial charge in [-0.25, -0.2) is 18.8 Å². The first-order valence-corrected chi connectivity index (χ1v) is 40.2. The number of allylic oxidation sites excluding steroid dienone is 1. The van der Waals surface area contributed by atoms with E-state index < -0.39 is 42.3 Å². The van der Waals surface area contributed by atoms with Crippen molar-refractivity contribution >= 4 is 42.5 Å². The third kappa shape index (κ3) is 43.5. The molecule has 1 amide bonds. The molecule has 0 saturated carbocycles. The minimum Gasteiger partial charge on any atom is -0.502 e. The van der Waals surface area contributed by atoms with E-state index in [0.29, 0.717) is 28.5 Å². The van der Waals surface area contributed by atoms with Crippen LogP contribution in [0.5, 0.6) is 5.75 Å². The molecule has 2 atom stereocenters. The lowest BCUT2D eigenvalue weighted by molar-refractivity contribution is -0.127. The zero-order valence-electron chi connectivity index (χ0n) is 76.7. The van der Waals surface area contributed by atoms with E-state index in [1.807, 2.05) is 145 Å². The third-order valence-corrected chi connectivity index (χ3v) is 19.6. The van der Waals surface area contributed by atoms with Crippen LogP contribution in [0.2, 0.25) is 0 Å². The van der Waals surface area contributed by atoms with E-state index in [1.54, 1.807) is 48.6 Å². The Morgan fingerprint density at radius 1 is 0.612 bits per heavy atom. The second kappa shape index (κ2) is 46.9. The number of ether oxygens (including phenoxy) is 1. The van der Waals surface area contributed by atoms with Gasteiger partial charge in [-0.1, -0.05) is 275 Å². The monoisotopic (exact) mass is 1740 g/mol. The number of rotatable bonds is 0. The molecule has 0 bridgehead atoms. The first kappa shape index (κ1) is 120. The molecule has 1 fully saturated rings. The van der Waals surface area contributed by atoms with Gasteiger partial charge < -0.3 is 33.7 Å². The van der Waals surface area contributed by atoms with Crippen molar-refractivity contribution in [3.8, 4) is 5.75 Å². The summed E-state index contributed by atoms with van der Waals surface area (Å²) in [7, 11) is 0.910. The summed E-state index contributed by atoms with van der Waals surface area (Å²) in [5, 5.41) is 44.5. The Labute approximate surface area is 719 Å². The largest absolute Gasteiger partial charge is 0.502 e. The lowest BCUT2D eigenvalue weighted by Crippen LogP contribution is -2.34. The van der Waals surface area contributed by atoms with E-state index in [2.05, 4.69) is 152 Å². The van der Waals surface area contributed by atoms with Gasteiger partial charge in [0.25, 0.3) is 17.0 Å². The molecule has 26 nitrogen and oxygen atoms in total. The number of hydrogen-bond donors (Lipinski definition) is 6. The molecular formula is C89H154F5N14O12P. The predicted molar refractivity (Wildman–Crippen MR) is 487 cm³/mol. The van der Waals surface area contributed by atoms with Crippen molar-refractivity contribution in [2.75, 3.05) is 13.2 Å². The summed E-state index contributed by atoms with van der Waals surface area (Å²) in [6.45, 7) is 75.6. The fourth-order valence-corrected chi connectivity index (χ4v) is 9.07. The molecule has 10 rings (SSSR count). The van der Waals surface area contributed by atoms with Crippen LogP contribution in [-0.2, 0) is 65.5 Å². The molecule has 4 aliphatic rings. The van der Waals surface area contributed by atoms with Crippen LogP contribution in [0.3, 0.4) is 0 Å². The average Bonchev–Trinajstić information content (AvgIpc) is 1.65. The summed E-state index contributed by atoms with van der Waals surface area (Å²) >= 11 is 0. The van der Waals surface area contributed by atoms with Crippen LogP contribution in [0, 0.1) is 40.2 Å². The van der Waals surface area contributed by atoms with Crippen LogP contribution in [-0.4, -0.2) is 121 Å². The van der Waals surface area contributed by atoms with Gasteiger partial charge in [0.15, 0.2) is 17.7 Å². The maximum absolute atomic E-state index is 13.1. The molecule has 5 aromatic heterocycles. The molecule has 121 heavy (non-hydrogen) atoms. The van der Waals surface area contributed by atoms with Crippen LogP contribution in [0.1, 0.15) is 311 Å². The second-order valence-corrected chi connectivity index (χ2v) is 42.8. The minimum absolute atomic E-state index is 0. The van der Waals surface area contributed by atoms with E-state index in [4.69, 9.17) is 33.7 Å². The van der Waals surface area contributed by atoms with Crippen molar-refractivity contribution in [2.24, 2.45) is 61.1 Å². The maximum Gasteiger partial charge on any atom is 0.451 e. The highest BCUT2D eigenvalue weighted by molar-refractivity contribution is 7.58. The van der Waals surface area contributed by atoms with E-state index >= 15 is 0 Å². The number of alkyl halides is 3. The first-order chi connectivity index (χ1) is 52.2. The number of aromatic amines is 2. The van der Waals surface area contributed by atoms with Gasteiger partial charge in [-0.3, -0.25) is 48.5 Å². The zero-order chi connectivity index (χ0) is 92.2. The maximum atomic E-state index is 13.1. The number of H-pyrrole nitrogens is 2. The van der Waals surface area contributed by atoms with Crippen LogP contribution in [0.4, 0.5) is 22.0 Å². The Morgan fingerprint density at radius 3 is 1.31 bits per heavy atom. The number of amides is 1. The van der Waals surface area contributed by atoms with Gasteiger partial charge >= 0.3 is 6.18 Å². The Kier molecular flexibility index (Phi) is 46.7. The van der Waals surface area contributed by atoms with Crippen molar-refractivity contribution in [3.05, 3.63) is 162 Å². The summed E-state index contributed by atoms with van der Waals surface area (Å²) in [5.74, 6) is -0.561. The van der Waals surface area contributed by atoms with Crippen LogP contribution < -0.4 is 21.9 Å². The number of imidazole rings is 1. The third-order valence-electron chi connectivity index (χ3n) is 17.1. The van der Waals surface area contributed by atoms with Crippen molar-refractivity contribution in [1.29, 1.82) is 0 Å². The zero-order valence-corrected chi connectivity index (χ0v) is 77.6. The number of amidine groups is 1. The van der Waals surface area contributed by atoms with Crippen LogP contribution in [0.15, 0.2) is 129 Å². The highest BCUT2D eigenvalue weighted by atomic mass is 31.2. The summed E-state index contributed by atoms with van der Waals surface area (Å²) in [6, 6.07) is 5.91. The second-order valence-electron chi connectivity index (χ2n) is 39.7. The number of hydrogen-bond acceptors (Lipinski definition) is 19. The molecule has 1 aromatic carbocycles. The lowest BCUT2D eigenvalue weighted by Gasteiger charge is -2.22. The Bertz CT molecular complexity index is 4540. The quantitative estimate of drug-likeness (QED) is 0.0467. The number of carbonyl (C=O) groups excluding carboxylic acids is 1. The number of aliphatic imine (C=N–C) groups is 2. The number of aromatic nitrogens is 8. The van der Waals surface area contributed by atoms with Gasteiger partial charge in [0, 0.05) is 117 Å².